The van der Waals surface area contributed by atoms with Gasteiger partial charge in [0.05, 0.1) is 17.1 Å². The molecule has 0 aliphatic carbocycles. The number of sulfonamides is 1. The Bertz CT molecular complexity index is 876. The van der Waals surface area contributed by atoms with Crippen molar-refractivity contribution in [2.45, 2.75) is 37.6 Å². The summed E-state index contributed by atoms with van der Waals surface area (Å²) in [5, 5.41) is 0. The molecule has 2 aromatic rings. The molecule has 0 spiro atoms. The number of benzene rings is 1. The van der Waals surface area contributed by atoms with Crippen molar-refractivity contribution in [3.8, 4) is 0 Å². The van der Waals surface area contributed by atoms with Crippen LogP contribution < -0.4 is 9.62 Å². The maximum atomic E-state index is 12.4. The number of carbonyl (C=O) groups is 1. The minimum Gasteiger partial charge on any atom is -0.341 e. The van der Waals surface area contributed by atoms with E-state index < -0.39 is 10.0 Å². The van der Waals surface area contributed by atoms with Crippen LogP contribution in [0.5, 0.6) is 0 Å². The van der Waals surface area contributed by atoms with Gasteiger partial charge >= 0.3 is 0 Å². The second-order valence-electron chi connectivity index (χ2n) is 6.30. The number of piperidine rings is 1. The normalized spacial score (nSPS) is 15.0. The van der Waals surface area contributed by atoms with Gasteiger partial charge in [0.25, 0.3) is 0 Å². The molecule has 3 rings (SSSR count). The van der Waals surface area contributed by atoms with Crippen molar-refractivity contribution in [2.75, 3.05) is 18.0 Å². The molecule has 1 fully saturated rings. The minimum atomic E-state index is -3.67. The van der Waals surface area contributed by atoms with E-state index in [9.17, 15) is 13.2 Å². The van der Waals surface area contributed by atoms with Crippen LogP contribution in [0.15, 0.2) is 41.4 Å². The van der Waals surface area contributed by atoms with Gasteiger partial charge in [-0.1, -0.05) is 12.1 Å². The van der Waals surface area contributed by atoms with Gasteiger partial charge in [-0.2, -0.15) is 0 Å². The van der Waals surface area contributed by atoms with Crippen LogP contribution in [-0.4, -0.2) is 37.3 Å². The zero-order chi connectivity index (χ0) is 18.6. The van der Waals surface area contributed by atoms with E-state index >= 15 is 0 Å². The monoisotopic (exact) mass is 374 g/mol. The Kier molecular flexibility index (Phi) is 5.63. The number of carbonyl (C=O) groups excluding carboxylic acids is 1. The molecule has 138 valence electrons. The molecule has 1 N–H and O–H groups in total. The van der Waals surface area contributed by atoms with Gasteiger partial charge in [-0.25, -0.2) is 23.1 Å². The van der Waals surface area contributed by atoms with Gasteiger partial charge in [0, 0.05) is 24.8 Å². The van der Waals surface area contributed by atoms with Crippen LogP contribution >= 0.6 is 0 Å². The van der Waals surface area contributed by atoms with Crippen molar-refractivity contribution >= 4 is 21.8 Å². The van der Waals surface area contributed by atoms with E-state index in [1.165, 1.54) is 37.6 Å². The summed E-state index contributed by atoms with van der Waals surface area (Å²) in [7, 11) is -3.67. The molecule has 0 atom stereocenters. The SMILES string of the molecule is CC(=O)c1ccc(S(=O)(=O)NCc2ccnc(N3CCCCC3)n2)cc1. The van der Waals surface area contributed by atoms with Crippen molar-refractivity contribution in [3.63, 3.8) is 0 Å². The number of anilines is 1. The molecule has 1 aliphatic heterocycles. The minimum absolute atomic E-state index is 0.0835. The predicted octanol–water partition coefficient (Wildman–Crippen LogP) is 2.15. The predicted molar refractivity (Wildman–Crippen MR) is 98.6 cm³/mol. The molecular weight excluding hydrogens is 352 g/mol. The van der Waals surface area contributed by atoms with E-state index in [0.717, 1.165) is 25.9 Å². The molecule has 26 heavy (non-hydrogen) atoms. The van der Waals surface area contributed by atoms with Gasteiger partial charge in [0.1, 0.15) is 0 Å². The third-order valence-electron chi connectivity index (χ3n) is 4.35. The summed E-state index contributed by atoms with van der Waals surface area (Å²) in [4.78, 5) is 22.3. The molecule has 1 aromatic carbocycles. The van der Waals surface area contributed by atoms with E-state index in [0.29, 0.717) is 17.2 Å². The summed E-state index contributed by atoms with van der Waals surface area (Å²) < 4.78 is 27.4. The molecule has 7 nitrogen and oxygen atoms in total. The van der Waals surface area contributed by atoms with Gasteiger partial charge in [-0.3, -0.25) is 4.79 Å². The van der Waals surface area contributed by atoms with Gasteiger partial charge in [-0.05, 0) is 44.4 Å². The number of nitrogens with one attached hydrogen (secondary N) is 1. The molecule has 8 heteroatoms. The zero-order valence-corrected chi connectivity index (χ0v) is 15.5. The van der Waals surface area contributed by atoms with Crippen LogP contribution in [-0.2, 0) is 16.6 Å². The fraction of sp³-hybridized carbons (Fsp3) is 0.389. The van der Waals surface area contributed by atoms with Gasteiger partial charge in [0.2, 0.25) is 16.0 Å². The lowest BCUT2D eigenvalue weighted by Crippen LogP contribution is -2.31. The number of hydrogen-bond donors (Lipinski definition) is 1. The first-order valence-electron chi connectivity index (χ1n) is 8.63. The number of Topliss-reactive ketones (excluding diaryl/α,β-unsaturated/α-hetero) is 1. The maximum Gasteiger partial charge on any atom is 0.240 e. The van der Waals surface area contributed by atoms with Crippen molar-refractivity contribution in [2.24, 2.45) is 0 Å². The molecule has 1 aromatic heterocycles. The molecule has 1 saturated heterocycles. The number of aromatic nitrogens is 2. The second kappa shape index (κ2) is 7.92. The summed E-state index contributed by atoms with van der Waals surface area (Å²) in [5.74, 6) is 0.542. The molecular formula is C18H22N4O3S. The molecule has 2 heterocycles. The Morgan fingerprint density at radius 1 is 1.12 bits per heavy atom. The van der Waals surface area contributed by atoms with Crippen LogP contribution in [0, 0.1) is 0 Å². The van der Waals surface area contributed by atoms with E-state index in [1.54, 1.807) is 12.3 Å². The van der Waals surface area contributed by atoms with Gasteiger partial charge in [-0.15, -0.1) is 0 Å². The van der Waals surface area contributed by atoms with Crippen molar-refractivity contribution in [1.82, 2.24) is 14.7 Å². The summed E-state index contributed by atoms with van der Waals surface area (Å²) in [5.41, 5.74) is 1.09. The maximum absolute atomic E-state index is 12.4. The standard InChI is InChI=1S/C18H22N4O3S/c1-14(23)15-5-7-17(8-6-15)26(24,25)20-13-16-9-10-19-18(21-16)22-11-3-2-4-12-22/h5-10,20H,2-4,11-13H2,1H3. The third kappa shape index (κ3) is 4.44. The highest BCUT2D eigenvalue weighted by Crippen LogP contribution is 2.16. The first-order valence-corrected chi connectivity index (χ1v) is 10.1. The average molecular weight is 374 g/mol. The Hall–Kier alpha value is -2.32. The Balaban J connectivity index is 1.68. The van der Waals surface area contributed by atoms with Crippen LogP contribution in [0.25, 0.3) is 0 Å². The second-order valence-corrected chi connectivity index (χ2v) is 8.07. The van der Waals surface area contributed by atoms with Crippen LogP contribution in [0.2, 0.25) is 0 Å². The van der Waals surface area contributed by atoms with Crippen LogP contribution in [0.4, 0.5) is 5.95 Å². The smallest absolute Gasteiger partial charge is 0.240 e. The van der Waals surface area contributed by atoms with Gasteiger partial charge < -0.3 is 4.90 Å². The molecule has 0 bridgehead atoms. The fourth-order valence-electron chi connectivity index (χ4n) is 2.85. The summed E-state index contributed by atoms with van der Waals surface area (Å²) in [6.07, 6.45) is 5.12. The lowest BCUT2D eigenvalue weighted by atomic mass is 10.1. The topological polar surface area (TPSA) is 92.3 Å². The Morgan fingerprint density at radius 3 is 2.46 bits per heavy atom. The van der Waals surface area contributed by atoms with Crippen molar-refractivity contribution < 1.29 is 13.2 Å². The van der Waals surface area contributed by atoms with E-state index in [-0.39, 0.29) is 17.2 Å². The molecule has 0 saturated carbocycles. The van der Waals surface area contributed by atoms with E-state index in [2.05, 4.69) is 19.6 Å². The molecule has 1 aliphatic rings. The van der Waals surface area contributed by atoms with Crippen LogP contribution in [0.3, 0.4) is 0 Å². The molecule has 0 radical (unpaired) electrons. The van der Waals surface area contributed by atoms with Crippen molar-refractivity contribution in [1.29, 1.82) is 0 Å². The molecule has 0 amide bonds. The lowest BCUT2D eigenvalue weighted by Gasteiger charge is -2.26. The zero-order valence-electron chi connectivity index (χ0n) is 14.7. The van der Waals surface area contributed by atoms with Crippen LogP contribution in [0.1, 0.15) is 42.2 Å². The highest BCUT2D eigenvalue weighted by Gasteiger charge is 2.16. The fourth-order valence-corrected chi connectivity index (χ4v) is 3.85. The highest BCUT2D eigenvalue weighted by molar-refractivity contribution is 7.89. The largest absolute Gasteiger partial charge is 0.341 e. The lowest BCUT2D eigenvalue weighted by molar-refractivity contribution is 0.101. The number of rotatable bonds is 6. The first kappa shape index (κ1) is 18.5. The summed E-state index contributed by atoms with van der Waals surface area (Å²) in [6.45, 7) is 3.38. The van der Waals surface area contributed by atoms with E-state index in [1.807, 2.05) is 0 Å². The van der Waals surface area contributed by atoms with Crippen molar-refractivity contribution in [3.05, 3.63) is 47.8 Å². The number of hydrogen-bond acceptors (Lipinski definition) is 6. The van der Waals surface area contributed by atoms with Gasteiger partial charge in [0.15, 0.2) is 5.78 Å². The Morgan fingerprint density at radius 2 is 1.81 bits per heavy atom. The quantitative estimate of drug-likeness (QED) is 0.779. The Labute approximate surface area is 153 Å². The highest BCUT2D eigenvalue weighted by atomic mass is 32.2. The average Bonchev–Trinajstić information content (AvgIpc) is 2.67. The number of ketones is 1. The summed E-state index contributed by atoms with van der Waals surface area (Å²) in [6, 6.07) is 7.58. The number of nitrogens with zero attached hydrogens (tertiary/aromatic N) is 3. The van der Waals surface area contributed by atoms with E-state index in [4.69, 9.17) is 0 Å². The molecule has 0 unspecified atom stereocenters. The summed E-state index contributed by atoms with van der Waals surface area (Å²) >= 11 is 0. The first-order chi connectivity index (χ1) is 12.5. The third-order valence-corrected chi connectivity index (χ3v) is 5.77.